The Hall–Kier alpha value is -2.61. The molecule has 0 bridgehead atoms. The van der Waals surface area contributed by atoms with Crippen LogP contribution in [0.2, 0.25) is 0 Å². The number of imidazole rings is 1. The molecule has 3 rings (SSSR count). The van der Waals surface area contributed by atoms with E-state index in [-0.39, 0.29) is 23.7 Å². The Labute approximate surface area is 195 Å². The number of nitrogens with zero attached hydrogens (tertiary/aromatic N) is 3. The summed E-state index contributed by atoms with van der Waals surface area (Å²) in [6.07, 6.45) is 3.39. The minimum atomic E-state index is -0.457. The van der Waals surface area contributed by atoms with Crippen LogP contribution in [0.4, 0.5) is 4.79 Å². The van der Waals surface area contributed by atoms with E-state index in [1.807, 2.05) is 52.0 Å². The number of aromatic nitrogens is 2. The molecule has 1 fully saturated rings. The van der Waals surface area contributed by atoms with Gasteiger partial charge in [-0.15, -0.1) is 0 Å². The minimum absolute atomic E-state index is 0.0378. The van der Waals surface area contributed by atoms with E-state index in [4.69, 9.17) is 4.74 Å². The minimum Gasteiger partial charge on any atom is -0.469 e. The molecule has 0 spiro atoms. The Morgan fingerprint density at radius 2 is 1.73 bits per heavy atom. The molecule has 1 amide bonds. The van der Waals surface area contributed by atoms with Gasteiger partial charge in [0.05, 0.1) is 23.6 Å². The molecule has 2 aromatic rings. The zero-order chi connectivity index (χ0) is 24.2. The third-order valence-electron chi connectivity index (χ3n) is 7.25. The predicted octanol–water partition coefficient (Wildman–Crippen LogP) is 3.63. The molecule has 0 radical (unpaired) electrons. The van der Waals surface area contributed by atoms with Crippen molar-refractivity contribution in [3.05, 3.63) is 34.7 Å². The number of hydrogen-bond acceptors (Lipinski definition) is 5. The van der Waals surface area contributed by atoms with Crippen molar-refractivity contribution in [2.75, 3.05) is 33.3 Å². The third kappa shape index (κ3) is 5.00. The van der Waals surface area contributed by atoms with Crippen LogP contribution < -0.4 is 11.0 Å². The fraction of sp³-hybridized carbons (Fsp3) is 0.640. The number of ether oxygens (including phenoxy) is 1. The van der Waals surface area contributed by atoms with Crippen molar-refractivity contribution in [1.82, 2.24) is 19.4 Å². The van der Waals surface area contributed by atoms with Crippen LogP contribution in [0.1, 0.15) is 59.4 Å². The molecule has 0 aliphatic carbocycles. The Bertz CT molecular complexity index is 1030. The van der Waals surface area contributed by atoms with Gasteiger partial charge in [-0.3, -0.25) is 9.36 Å². The molecule has 0 atom stereocenters. The van der Waals surface area contributed by atoms with Gasteiger partial charge in [0.2, 0.25) is 0 Å². The van der Waals surface area contributed by atoms with Gasteiger partial charge in [0.25, 0.3) is 0 Å². The second-order valence-corrected chi connectivity index (χ2v) is 9.46. The monoisotopic (exact) mass is 458 g/mol. The van der Waals surface area contributed by atoms with Crippen LogP contribution in [0.5, 0.6) is 0 Å². The van der Waals surface area contributed by atoms with Gasteiger partial charge >= 0.3 is 17.7 Å². The van der Waals surface area contributed by atoms with Crippen LogP contribution in [0.15, 0.2) is 29.1 Å². The molecule has 0 saturated carbocycles. The maximum atomic E-state index is 13.0. The quantitative estimate of drug-likeness (QED) is 0.611. The van der Waals surface area contributed by atoms with Crippen LogP contribution in [-0.4, -0.2) is 59.3 Å². The number of rotatable bonds is 8. The van der Waals surface area contributed by atoms with Crippen LogP contribution >= 0.6 is 0 Å². The lowest BCUT2D eigenvalue weighted by atomic mass is 9.81. The molecule has 1 N–H and O–H groups in total. The Morgan fingerprint density at radius 3 is 2.27 bits per heavy atom. The Balaban J connectivity index is 1.61. The van der Waals surface area contributed by atoms with Crippen molar-refractivity contribution in [2.45, 2.75) is 59.4 Å². The molecule has 1 aromatic carbocycles. The Morgan fingerprint density at radius 1 is 1.12 bits per heavy atom. The number of methoxy groups -OCH3 is 1. The summed E-state index contributed by atoms with van der Waals surface area (Å²) in [5.74, 6) is 0.211. The number of esters is 1. The van der Waals surface area contributed by atoms with Gasteiger partial charge in [-0.2, -0.15) is 0 Å². The molecule has 1 aromatic heterocycles. The summed E-state index contributed by atoms with van der Waals surface area (Å²) in [5.41, 5.74) is 0.627. The zero-order valence-electron chi connectivity index (χ0n) is 20.6. The molecular formula is C25H38N4O4. The van der Waals surface area contributed by atoms with Crippen LogP contribution in [-0.2, 0) is 9.53 Å². The number of likely N-dealkylation sites (tertiary alicyclic amines) is 1. The van der Waals surface area contributed by atoms with E-state index >= 15 is 0 Å². The highest BCUT2D eigenvalue weighted by molar-refractivity contribution is 5.89. The topological polar surface area (TPSA) is 85.6 Å². The summed E-state index contributed by atoms with van der Waals surface area (Å²) in [6, 6.07) is 6.99. The smallest absolute Gasteiger partial charge is 0.337 e. The lowest BCUT2D eigenvalue weighted by molar-refractivity contribution is -0.155. The number of nitrogens with one attached hydrogen (secondary N) is 1. The van der Waals surface area contributed by atoms with Crippen LogP contribution in [0.3, 0.4) is 0 Å². The summed E-state index contributed by atoms with van der Waals surface area (Å²) in [6.45, 7) is 11.0. The first kappa shape index (κ1) is 25.0. The number of amides is 1. The maximum absolute atomic E-state index is 13.0. The van der Waals surface area contributed by atoms with E-state index in [2.05, 4.69) is 10.2 Å². The van der Waals surface area contributed by atoms with Gasteiger partial charge in [0.1, 0.15) is 0 Å². The van der Waals surface area contributed by atoms with E-state index in [1.165, 1.54) is 11.7 Å². The summed E-state index contributed by atoms with van der Waals surface area (Å²) in [5, 5.41) is 2.98. The highest BCUT2D eigenvalue weighted by atomic mass is 16.5. The lowest BCUT2D eigenvalue weighted by Gasteiger charge is -2.38. The number of carbonyl (C=O) groups excluding carboxylic acids is 2. The Kier molecular flexibility index (Phi) is 8.00. The summed E-state index contributed by atoms with van der Waals surface area (Å²) in [4.78, 5) is 40.6. The van der Waals surface area contributed by atoms with Gasteiger partial charge in [-0.05, 0) is 70.7 Å². The molecule has 1 aliphatic rings. The normalized spacial score (nSPS) is 15.8. The number of piperidine rings is 1. The molecule has 8 heteroatoms. The second-order valence-electron chi connectivity index (χ2n) is 9.46. The molecule has 33 heavy (non-hydrogen) atoms. The van der Waals surface area contributed by atoms with Crippen molar-refractivity contribution in [2.24, 2.45) is 11.3 Å². The summed E-state index contributed by atoms with van der Waals surface area (Å²) >= 11 is 0. The molecule has 0 unspecified atom stereocenters. The molecule has 2 heterocycles. The van der Waals surface area contributed by atoms with Crippen LogP contribution in [0, 0.1) is 11.3 Å². The summed E-state index contributed by atoms with van der Waals surface area (Å²) < 4.78 is 7.98. The second kappa shape index (κ2) is 10.5. The fourth-order valence-electron chi connectivity index (χ4n) is 5.00. The molecule has 182 valence electrons. The standard InChI is InChI=1S/C25H38N4O4/c1-6-25(7-2,22(30)33-5)17-27-14-12-19(13-15-27)16-26-23(31)29-21-11-9-8-10-20(21)28(18(3)4)24(29)32/h8-11,18-19H,6-7,12-17H2,1-5H3,(H,26,31). The molecule has 8 nitrogen and oxygen atoms in total. The van der Waals surface area contributed by atoms with Crippen molar-refractivity contribution in [3.8, 4) is 0 Å². The van der Waals surface area contributed by atoms with Gasteiger partial charge in [-0.25, -0.2) is 14.2 Å². The van der Waals surface area contributed by atoms with E-state index in [1.54, 1.807) is 4.57 Å². The highest BCUT2D eigenvalue weighted by Gasteiger charge is 2.38. The first-order chi connectivity index (χ1) is 15.8. The number of fused-ring (bicyclic) bond motifs is 1. The third-order valence-corrected chi connectivity index (χ3v) is 7.25. The van der Waals surface area contributed by atoms with E-state index in [0.29, 0.717) is 24.5 Å². The number of benzene rings is 1. The predicted molar refractivity (Wildman–Crippen MR) is 130 cm³/mol. The highest BCUT2D eigenvalue weighted by Crippen LogP contribution is 2.31. The van der Waals surface area contributed by atoms with E-state index in [0.717, 1.165) is 44.3 Å². The van der Waals surface area contributed by atoms with Crippen molar-refractivity contribution in [1.29, 1.82) is 0 Å². The average Bonchev–Trinajstić information content (AvgIpc) is 3.13. The number of hydrogen-bond donors (Lipinski definition) is 1. The van der Waals surface area contributed by atoms with Crippen molar-refractivity contribution < 1.29 is 14.3 Å². The molecular weight excluding hydrogens is 420 g/mol. The summed E-state index contributed by atoms with van der Waals surface area (Å²) in [7, 11) is 1.46. The van der Waals surface area contributed by atoms with Gasteiger partial charge < -0.3 is 15.0 Å². The first-order valence-corrected chi connectivity index (χ1v) is 12.1. The number of para-hydroxylation sites is 2. The SMILES string of the molecule is CCC(CC)(CN1CCC(CNC(=O)n2c(=O)n(C(C)C)c3ccccc32)CC1)C(=O)OC. The first-order valence-electron chi connectivity index (χ1n) is 12.1. The van der Waals surface area contributed by atoms with Gasteiger partial charge in [0, 0.05) is 19.1 Å². The number of carbonyl (C=O) groups is 2. The van der Waals surface area contributed by atoms with Crippen molar-refractivity contribution >= 4 is 23.0 Å². The van der Waals surface area contributed by atoms with E-state index < -0.39 is 5.41 Å². The van der Waals surface area contributed by atoms with Gasteiger partial charge in [0.15, 0.2) is 0 Å². The molecule has 1 saturated heterocycles. The molecule has 1 aliphatic heterocycles. The van der Waals surface area contributed by atoms with E-state index in [9.17, 15) is 14.4 Å². The lowest BCUT2D eigenvalue weighted by Crippen LogP contribution is -2.47. The van der Waals surface area contributed by atoms with Crippen LogP contribution in [0.25, 0.3) is 11.0 Å². The van der Waals surface area contributed by atoms with Gasteiger partial charge in [-0.1, -0.05) is 26.0 Å². The zero-order valence-corrected chi connectivity index (χ0v) is 20.6. The average molecular weight is 459 g/mol. The fourth-order valence-corrected chi connectivity index (χ4v) is 5.00. The largest absolute Gasteiger partial charge is 0.469 e. The van der Waals surface area contributed by atoms with Crippen molar-refractivity contribution in [3.63, 3.8) is 0 Å². The maximum Gasteiger partial charge on any atom is 0.337 e.